The second-order valence-corrected chi connectivity index (χ2v) is 10.2. The third-order valence-electron chi connectivity index (χ3n) is 7.91. The van der Waals surface area contributed by atoms with Crippen LogP contribution in [0.1, 0.15) is 56.9 Å². The van der Waals surface area contributed by atoms with Crippen LogP contribution in [0.3, 0.4) is 0 Å². The summed E-state index contributed by atoms with van der Waals surface area (Å²) in [6.07, 6.45) is 9.09. The van der Waals surface area contributed by atoms with E-state index in [0.717, 1.165) is 68.7 Å². The van der Waals surface area contributed by atoms with E-state index >= 15 is 0 Å². The Balaban J connectivity index is 1.31. The highest BCUT2D eigenvalue weighted by molar-refractivity contribution is 5.92. The Kier molecular flexibility index (Phi) is 9.09. The van der Waals surface area contributed by atoms with Crippen LogP contribution < -0.4 is 10.6 Å². The first-order valence-corrected chi connectivity index (χ1v) is 13.3. The molecule has 2 fully saturated rings. The molecule has 0 spiro atoms. The van der Waals surface area contributed by atoms with Gasteiger partial charge in [-0.2, -0.15) is 0 Å². The van der Waals surface area contributed by atoms with Crippen LogP contribution in [0.2, 0.25) is 0 Å². The predicted octanol–water partition coefficient (Wildman–Crippen LogP) is 5.91. The molecular formula is C30H36F2N2O3. The van der Waals surface area contributed by atoms with E-state index < -0.39 is 23.0 Å². The summed E-state index contributed by atoms with van der Waals surface area (Å²) in [5, 5.41) is 5.44. The molecule has 0 aromatic heterocycles. The van der Waals surface area contributed by atoms with Crippen LogP contribution in [0.15, 0.2) is 61.2 Å². The standard InChI is InChI=1S/C30H36F2N2O3/c1-2-21-18-27(24(21)14-17-33-20-28(35)34-26-19-23(31)12-13-25(26)32)37-29(36)30(15-8-3-4-9-16-30)22-10-6-5-7-11-22/h2,5-7,10-13,19,21,24,27,33H,1,3-4,8-9,14-18,20H2,(H,34,35)/t21?,24?,27-/m0/s1. The molecule has 0 bridgehead atoms. The highest BCUT2D eigenvalue weighted by Crippen LogP contribution is 2.44. The largest absolute Gasteiger partial charge is 0.461 e. The van der Waals surface area contributed by atoms with Gasteiger partial charge in [0.15, 0.2) is 0 Å². The highest BCUT2D eigenvalue weighted by Gasteiger charge is 2.47. The number of hydrogen-bond acceptors (Lipinski definition) is 4. The van der Waals surface area contributed by atoms with E-state index in [9.17, 15) is 18.4 Å². The number of halogens is 2. The normalized spacial score (nSPS) is 22.8. The molecular weight excluding hydrogens is 474 g/mol. The molecule has 0 aliphatic heterocycles. The molecule has 198 valence electrons. The van der Waals surface area contributed by atoms with Gasteiger partial charge in [0, 0.05) is 12.0 Å². The molecule has 3 atom stereocenters. The number of anilines is 1. The number of benzene rings is 2. The van der Waals surface area contributed by atoms with E-state index in [0.29, 0.717) is 13.0 Å². The second kappa shape index (κ2) is 12.5. The summed E-state index contributed by atoms with van der Waals surface area (Å²) >= 11 is 0. The Morgan fingerprint density at radius 2 is 1.78 bits per heavy atom. The van der Waals surface area contributed by atoms with E-state index in [2.05, 4.69) is 17.2 Å². The summed E-state index contributed by atoms with van der Waals surface area (Å²) < 4.78 is 33.3. The Labute approximate surface area is 217 Å². The smallest absolute Gasteiger partial charge is 0.316 e. The molecule has 2 saturated carbocycles. The van der Waals surface area contributed by atoms with Gasteiger partial charge in [-0.1, -0.05) is 62.1 Å². The van der Waals surface area contributed by atoms with Gasteiger partial charge in [-0.25, -0.2) is 8.78 Å². The Morgan fingerprint density at radius 3 is 2.49 bits per heavy atom. The predicted molar refractivity (Wildman–Crippen MR) is 140 cm³/mol. The summed E-state index contributed by atoms with van der Waals surface area (Å²) in [6, 6.07) is 13.0. The van der Waals surface area contributed by atoms with Crippen molar-refractivity contribution in [1.82, 2.24) is 5.32 Å². The van der Waals surface area contributed by atoms with Gasteiger partial charge >= 0.3 is 5.97 Å². The number of amides is 1. The van der Waals surface area contributed by atoms with Crippen LogP contribution in [0.5, 0.6) is 0 Å². The van der Waals surface area contributed by atoms with Gasteiger partial charge in [-0.3, -0.25) is 9.59 Å². The molecule has 2 aromatic carbocycles. The van der Waals surface area contributed by atoms with Crippen molar-refractivity contribution in [3.8, 4) is 0 Å². The lowest BCUT2D eigenvalue weighted by Crippen LogP contribution is -2.48. The maximum absolute atomic E-state index is 13.7. The van der Waals surface area contributed by atoms with Crippen LogP contribution in [0.4, 0.5) is 14.5 Å². The molecule has 37 heavy (non-hydrogen) atoms. The third kappa shape index (κ3) is 6.45. The van der Waals surface area contributed by atoms with Gasteiger partial charge in [0.25, 0.3) is 0 Å². The number of ether oxygens (including phenoxy) is 1. The lowest BCUT2D eigenvalue weighted by molar-refractivity contribution is -0.169. The molecule has 0 saturated heterocycles. The van der Waals surface area contributed by atoms with Crippen molar-refractivity contribution < 1.29 is 23.1 Å². The zero-order chi connectivity index (χ0) is 26.3. The van der Waals surface area contributed by atoms with Crippen molar-refractivity contribution in [1.29, 1.82) is 0 Å². The fourth-order valence-electron chi connectivity index (χ4n) is 5.71. The SMILES string of the molecule is C=CC1C[C@H](OC(=O)C2(c3ccccc3)CCCCCC2)C1CCNCC(=O)Nc1cc(F)ccc1F. The van der Waals surface area contributed by atoms with Gasteiger partial charge in [0.05, 0.1) is 17.6 Å². The second-order valence-electron chi connectivity index (χ2n) is 10.2. The van der Waals surface area contributed by atoms with Crippen molar-refractivity contribution in [3.63, 3.8) is 0 Å². The zero-order valence-electron chi connectivity index (χ0n) is 21.2. The molecule has 2 aliphatic carbocycles. The van der Waals surface area contributed by atoms with Crippen molar-refractivity contribution in [2.24, 2.45) is 11.8 Å². The number of nitrogens with one attached hydrogen (secondary N) is 2. The van der Waals surface area contributed by atoms with E-state index in [1.54, 1.807) is 0 Å². The first-order chi connectivity index (χ1) is 17.9. The van der Waals surface area contributed by atoms with Gasteiger partial charge in [-0.05, 0) is 55.8 Å². The van der Waals surface area contributed by atoms with Gasteiger partial charge in [-0.15, -0.1) is 6.58 Å². The van der Waals surface area contributed by atoms with E-state index in [-0.39, 0.29) is 36.1 Å². The van der Waals surface area contributed by atoms with Gasteiger partial charge in [0.1, 0.15) is 17.7 Å². The number of carbonyl (C=O) groups excluding carboxylic acids is 2. The average Bonchev–Trinajstić information content (AvgIpc) is 3.16. The Hall–Kier alpha value is -3.06. The van der Waals surface area contributed by atoms with Crippen LogP contribution >= 0.6 is 0 Å². The quantitative estimate of drug-likeness (QED) is 0.181. The minimum absolute atomic E-state index is 0.0387. The molecule has 1 amide bonds. The van der Waals surface area contributed by atoms with Crippen LogP contribution in [0, 0.1) is 23.5 Å². The van der Waals surface area contributed by atoms with Gasteiger partial charge in [0.2, 0.25) is 5.91 Å². The summed E-state index contributed by atoms with van der Waals surface area (Å²) in [6.45, 7) is 4.42. The first kappa shape index (κ1) is 27.0. The van der Waals surface area contributed by atoms with Crippen LogP contribution in [-0.4, -0.2) is 31.1 Å². The van der Waals surface area contributed by atoms with E-state index in [1.807, 2.05) is 36.4 Å². The third-order valence-corrected chi connectivity index (χ3v) is 7.91. The van der Waals surface area contributed by atoms with Crippen molar-refractivity contribution in [3.05, 3.63) is 78.4 Å². The van der Waals surface area contributed by atoms with Crippen LogP contribution in [0.25, 0.3) is 0 Å². The fraction of sp³-hybridized carbons (Fsp3) is 0.467. The molecule has 2 aromatic rings. The summed E-state index contributed by atoms with van der Waals surface area (Å²) in [7, 11) is 0. The Bertz CT molecular complexity index is 1080. The zero-order valence-corrected chi connectivity index (χ0v) is 21.2. The number of allylic oxidation sites excluding steroid dienone is 1. The maximum atomic E-state index is 13.7. The highest BCUT2D eigenvalue weighted by atomic mass is 19.1. The van der Waals surface area contributed by atoms with Crippen molar-refractivity contribution in [2.45, 2.75) is 62.9 Å². The fourth-order valence-corrected chi connectivity index (χ4v) is 5.71. The maximum Gasteiger partial charge on any atom is 0.316 e. The van der Waals surface area contributed by atoms with E-state index in [1.165, 1.54) is 0 Å². The van der Waals surface area contributed by atoms with Crippen molar-refractivity contribution >= 4 is 17.6 Å². The number of carbonyl (C=O) groups is 2. The van der Waals surface area contributed by atoms with Crippen LogP contribution in [-0.2, 0) is 19.7 Å². The molecule has 7 heteroatoms. The van der Waals surface area contributed by atoms with Crippen molar-refractivity contribution in [2.75, 3.05) is 18.4 Å². The molecule has 0 radical (unpaired) electrons. The number of rotatable bonds is 10. The van der Waals surface area contributed by atoms with E-state index in [4.69, 9.17) is 4.74 Å². The molecule has 0 heterocycles. The number of hydrogen-bond donors (Lipinski definition) is 2. The summed E-state index contributed by atoms with van der Waals surface area (Å²) in [4.78, 5) is 25.8. The lowest BCUT2D eigenvalue weighted by Gasteiger charge is -2.44. The minimum Gasteiger partial charge on any atom is -0.461 e. The summed E-state index contributed by atoms with van der Waals surface area (Å²) in [5.41, 5.74) is 0.264. The monoisotopic (exact) mass is 510 g/mol. The topological polar surface area (TPSA) is 67.4 Å². The molecule has 2 unspecified atom stereocenters. The average molecular weight is 511 g/mol. The number of esters is 1. The molecule has 5 nitrogen and oxygen atoms in total. The van der Waals surface area contributed by atoms with Gasteiger partial charge < -0.3 is 15.4 Å². The minimum atomic E-state index is -0.690. The molecule has 4 rings (SSSR count). The first-order valence-electron chi connectivity index (χ1n) is 13.3. The lowest BCUT2D eigenvalue weighted by atomic mass is 9.68. The molecule has 2 N–H and O–H groups in total. The summed E-state index contributed by atoms with van der Waals surface area (Å²) in [5.74, 6) is -1.52. The molecule has 2 aliphatic rings. The Morgan fingerprint density at radius 1 is 1.05 bits per heavy atom.